The Balaban J connectivity index is 1.58. The first-order valence-electron chi connectivity index (χ1n) is 10.1. The normalized spacial score (nSPS) is 12.6. The molecule has 2 aromatic carbocycles. The van der Waals surface area contributed by atoms with Gasteiger partial charge in [-0.25, -0.2) is 4.68 Å². The topological polar surface area (TPSA) is 95.1 Å². The highest BCUT2D eigenvalue weighted by atomic mass is 32.2. The van der Waals surface area contributed by atoms with E-state index in [-0.39, 0.29) is 17.5 Å². The number of thioether (sulfide) groups is 1. The Morgan fingerprint density at radius 2 is 1.85 bits per heavy atom. The number of alkyl halides is 3. The van der Waals surface area contributed by atoms with Crippen molar-refractivity contribution in [3.63, 3.8) is 0 Å². The molecule has 1 atom stereocenters. The summed E-state index contributed by atoms with van der Waals surface area (Å²) in [6.45, 7) is 5.88. The number of nitrogen functional groups attached to an aromatic ring is 1. The summed E-state index contributed by atoms with van der Waals surface area (Å²) in [4.78, 5) is 12.4. The quantitative estimate of drug-likeness (QED) is 0.355. The minimum absolute atomic E-state index is 0.0501. The van der Waals surface area contributed by atoms with Crippen LogP contribution in [0.15, 0.2) is 53.7 Å². The number of nitrogens with one attached hydrogen (secondary N) is 1. The third-order valence-electron chi connectivity index (χ3n) is 4.76. The highest BCUT2D eigenvalue weighted by Crippen LogP contribution is 2.31. The molecule has 0 aliphatic heterocycles. The lowest BCUT2D eigenvalue weighted by molar-refractivity contribution is -0.137. The molecule has 0 saturated heterocycles. The van der Waals surface area contributed by atoms with Crippen molar-refractivity contribution in [1.82, 2.24) is 14.9 Å². The first kappa shape index (κ1) is 24.4. The molecule has 0 fully saturated rings. The van der Waals surface area contributed by atoms with Crippen LogP contribution >= 0.6 is 11.8 Å². The maximum atomic E-state index is 12.9. The van der Waals surface area contributed by atoms with Crippen LogP contribution in [0.1, 0.15) is 43.6 Å². The van der Waals surface area contributed by atoms with Gasteiger partial charge in [0.05, 0.1) is 10.8 Å². The van der Waals surface area contributed by atoms with Crippen LogP contribution < -0.4 is 15.9 Å². The van der Waals surface area contributed by atoms with Crippen LogP contribution in [0.5, 0.6) is 5.75 Å². The van der Waals surface area contributed by atoms with Gasteiger partial charge in [0, 0.05) is 5.69 Å². The SMILES string of the molecule is CC(Sc1nnc(COc2ccc(C(C)C)cc2)n1N)C(=O)Nc1cccc(C(F)(F)F)c1. The Labute approximate surface area is 193 Å². The molecule has 33 heavy (non-hydrogen) atoms. The van der Waals surface area contributed by atoms with E-state index < -0.39 is 22.9 Å². The number of nitrogens with two attached hydrogens (primary N) is 1. The van der Waals surface area contributed by atoms with Crippen LogP contribution in [0, 0.1) is 0 Å². The molecule has 0 aliphatic rings. The Kier molecular flexibility index (Phi) is 7.52. The van der Waals surface area contributed by atoms with Crippen molar-refractivity contribution >= 4 is 23.4 Å². The maximum Gasteiger partial charge on any atom is 0.416 e. The number of ether oxygens (including phenoxy) is 1. The van der Waals surface area contributed by atoms with E-state index >= 15 is 0 Å². The molecular weight excluding hydrogens is 455 g/mol. The van der Waals surface area contributed by atoms with Gasteiger partial charge in [0.15, 0.2) is 5.82 Å². The zero-order valence-electron chi connectivity index (χ0n) is 18.3. The minimum atomic E-state index is -4.49. The molecule has 3 rings (SSSR count). The lowest BCUT2D eigenvalue weighted by Gasteiger charge is -2.13. The van der Waals surface area contributed by atoms with Crippen LogP contribution in [0.3, 0.4) is 0 Å². The Morgan fingerprint density at radius 1 is 1.15 bits per heavy atom. The first-order chi connectivity index (χ1) is 15.5. The fourth-order valence-corrected chi connectivity index (χ4v) is 3.60. The number of carbonyl (C=O) groups excluding carboxylic acids is 1. The van der Waals surface area contributed by atoms with Crippen molar-refractivity contribution in [2.45, 2.75) is 49.9 Å². The second kappa shape index (κ2) is 10.2. The monoisotopic (exact) mass is 479 g/mol. The average Bonchev–Trinajstić information content (AvgIpc) is 3.11. The lowest BCUT2D eigenvalue weighted by atomic mass is 10.0. The van der Waals surface area contributed by atoms with Crippen LogP contribution in [-0.4, -0.2) is 26.0 Å². The number of anilines is 1. The average molecular weight is 480 g/mol. The molecule has 7 nitrogen and oxygen atoms in total. The van der Waals surface area contributed by atoms with Crippen molar-refractivity contribution in [1.29, 1.82) is 0 Å². The number of carbonyl (C=O) groups is 1. The molecule has 1 aromatic heterocycles. The molecule has 0 spiro atoms. The predicted octanol–water partition coefficient (Wildman–Crippen LogP) is 4.83. The van der Waals surface area contributed by atoms with E-state index in [0.29, 0.717) is 17.5 Å². The van der Waals surface area contributed by atoms with Crippen molar-refractivity contribution in [3.8, 4) is 5.75 Å². The zero-order valence-corrected chi connectivity index (χ0v) is 19.1. The van der Waals surface area contributed by atoms with E-state index in [4.69, 9.17) is 10.6 Å². The molecule has 176 valence electrons. The van der Waals surface area contributed by atoms with Crippen LogP contribution in [0.25, 0.3) is 0 Å². The summed E-state index contributed by atoms with van der Waals surface area (Å²) in [7, 11) is 0. The van der Waals surface area contributed by atoms with Gasteiger partial charge in [-0.15, -0.1) is 10.2 Å². The molecule has 0 aliphatic carbocycles. The summed E-state index contributed by atoms with van der Waals surface area (Å²) in [5.41, 5.74) is 0.403. The van der Waals surface area contributed by atoms with Crippen molar-refractivity contribution in [3.05, 3.63) is 65.5 Å². The number of hydrogen-bond donors (Lipinski definition) is 2. The van der Waals surface area contributed by atoms with Crippen molar-refractivity contribution in [2.24, 2.45) is 0 Å². The lowest BCUT2D eigenvalue weighted by Crippen LogP contribution is -2.24. The van der Waals surface area contributed by atoms with Gasteiger partial charge in [-0.3, -0.25) is 4.79 Å². The molecular formula is C22H24F3N5O2S. The number of halogens is 3. The van der Waals surface area contributed by atoms with Gasteiger partial charge in [0.1, 0.15) is 12.4 Å². The molecule has 0 bridgehead atoms. The number of rotatable bonds is 8. The largest absolute Gasteiger partial charge is 0.486 e. The van der Waals surface area contributed by atoms with Crippen molar-refractivity contribution < 1.29 is 22.7 Å². The molecule has 3 N–H and O–H groups in total. The first-order valence-corrected chi connectivity index (χ1v) is 11.0. The van der Waals surface area contributed by atoms with E-state index in [1.165, 1.54) is 22.4 Å². The van der Waals surface area contributed by atoms with Crippen LogP contribution in [-0.2, 0) is 17.6 Å². The number of amides is 1. The summed E-state index contributed by atoms with van der Waals surface area (Å²) in [6.07, 6.45) is -4.49. The smallest absolute Gasteiger partial charge is 0.416 e. The molecule has 0 saturated carbocycles. The second-order valence-corrected chi connectivity index (χ2v) is 8.92. The summed E-state index contributed by atoms with van der Waals surface area (Å²) in [6, 6.07) is 12.1. The third kappa shape index (κ3) is 6.41. The number of nitrogens with zero attached hydrogens (tertiary/aromatic N) is 3. The van der Waals surface area contributed by atoms with Gasteiger partial charge in [0.2, 0.25) is 11.1 Å². The summed E-state index contributed by atoms with van der Waals surface area (Å²) in [5, 5.41) is 10.0. The third-order valence-corrected chi connectivity index (χ3v) is 5.82. The predicted molar refractivity (Wildman–Crippen MR) is 120 cm³/mol. The molecule has 1 unspecified atom stereocenters. The van der Waals surface area contributed by atoms with E-state index in [1.807, 2.05) is 24.3 Å². The summed E-state index contributed by atoms with van der Waals surface area (Å²) in [5.74, 6) is 6.97. The molecule has 11 heteroatoms. The van der Waals surface area contributed by atoms with E-state index in [2.05, 4.69) is 29.4 Å². The zero-order chi connectivity index (χ0) is 24.2. The van der Waals surface area contributed by atoms with E-state index in [0.717, 1.165) is 23.9 Å². The number of hydrogen-bond acceptors (Lipinski definition) is 6. The number of benzene rings is 2. The van der Waals surface area contributed by atoms with Gasteiger partial charge in [0.25, 0.3) is 0 Å². The van der Waals surface area contributed by atoms with E-state index in [1.54, 1.807) is 6.92 Å². The standard InChI is InChI=1S/C22H24F3N5O2S/c1-13(2)15-7-9-18(10-8-15)32-12-19-28-29-21(30(19)26)33-14(3)20(31)27-17-6-4-5-16(11-17)22(23,24)25/h4-11,13-14H,12,26H2,1-3H3,(H,27,31). The number of aromatic nitrogens is 3. The molecule has 1 amide bonds. The Morgan fingerprint density at radius 3 is 2.48 bits per heavy atom. The molecule has 0 radical (unpaired) electrons. The highest BCUT2D eigenvalue weighted by Gasteiger charge is 2.30. The fraction of sp³-hybridized carbons (Fsp3) is 0.318. The van der Waals surface area contributed by atoms with Crippen LogP contribution in [0.4, 0.5) is 18.9 Å². The summed E-state index contributed by atoms with van der Waals surface area (Å²) < 4.78 is 45.5. The second-order valence-electron chi connectivity index (χ2n) is 7.61. The van der Waals surface area contributed by atoms with Gasteiger partial charge >= 0.3 is 6.18 Å². The Hall–Kier alpha value is -3.21. The fourth-order valence-electron chi connectivity index (χ4n) is 2.81. The molecule has 1 heterocycles. The van der Waals surface area contributed by atoms with Gasteiger partial charge in [-0.2, -0.15) is 13.2 Å². The van der Waals surface area contributed by atoms with Crippen molar-refractivity contribution in [2.75, 3.05) is 11.2 Å². The Bertz CT molecular complexity index is 1100. The molecule has 3 aromatic rings. The van der Waals surface area contributed by atoms with Crippen LogP contribution in [0.2, 0.25) is 0 Å². The van der Waals surface area contributed by atoms with E-state index in [9.17, 15) is 18.0 Å². The van der Waals surface area contributed by atoms with Gasteiger partial charge < -0.3 is 15.9 Å². The van der Waals surface area contributed by atoms with Gasteiger partial charge in [-0.1, -0.05) is 43.8 Å². The minimum Gasteiger partial charge on any atom is -0.486 e. The van der Waals surface area contributed by atoms with Gasteiger partial charge in [-0.05, 0) is 48.7 Å². The summed E-state index contributed by atoms with van der Waals surface area (Å²) >= 11 is 1.03. The maximum absolute atomic E-state index is 12.9. The highest BCUT2D eigenvalue weighted by molar-refractivity contribution is 8.00.